The van der Waals surface area contributed by atoms with E-state index in [0.29, 0.717) is 21.8 Å². The Morgan fingerprint density at radius 2 is 1.10 bits per heavy atom. The first-order chi connectivity index (χ1) is 42.8. The van der Waals surface area contributed by atoms with Gasteiger partial charge in [0.15, 0.2) is 12.1 Å². The van der Waals surface area contributed by atoms with E-state index < -0.39 is 119 Å². The lowest BCUT2D eigenvalue weighted by atomic mass is 9.96. The zero-order valence-electron chi connectivity index (χ0n) is 51.3. The normalized spacial score (nSPS) is 17.2. The lowest BCUT2D eigenvalue weighted by Gasteiger charge is -2.46. The lowest BCUT2D eigenvalue weighted by molar-refractivity contribution is -0.219. The fraction of sp³-hybridized carbons (Fsp3) is 0.476. The number of esters is 1. The fourth-order valence-corrected chi connectivity index (χ4v) is 10.2. The minimum absolute atomic E-state index is 0.0207. The van der Waals surface area contributed by atoms with Crippen molar-refractivity contribution in [3.05, 3.63) is 144 Å². The van der Waals surface area contributed by atoms with E-state index in [1.165, 1.54) is 20.9 Å². The molecule has 0 bridgehead atoms. The Morgan fingerprint density at radius 1 is 0.644 bits per heavy atom. The number of carbonyl (C=O) groups excluding carboxylic acids is 8. The molecule has 2 heterocycles. The molecule has 2 aliphatic rings. The van der Waals surface area contributed by atoms with Crippen molar-refractivity contribution < 1.29 is 76.8 Å². The zero-order valence-corrected chi connectivity index (χ0v) is 53.5. The second-order valence-corrected chi connectivity index (χ2v) is 25.0. The van der Waals surface area contributed by atoms with Crippen molar-refractivity contribution in [2.45, 2.75) is 152 Å². The predicted octanol–water partition coefficient (Wildman–Crippen LogP) is 8.35. The lowest BCUT2D eigenvalue weighted by Crippen LogP contribution is -2.68. The molecule has 7 amide bonds. The maximum atomic E-state index is 16.0. The molecule has 0 spiro atoms. The summed E-state index contributed by atoms with van der Waals surface area (Å²) < 4.78 is 26.5. The summed E-state index contributed by atoms with van der Waals surface area (Å²) in [5, 5.41) is 17.0. The van der Waals surface area contributed by atoms with Crippen LogP contribution in [0.25, 0.3) is 0 Å². The van der Waals surface area contributed by atoms with Gasteiger partial charge < -0.3 is 44.7 Å². The van der Waals surface area contributed by atoms with Gasteiger partial charge in [-0.25, -0.2) is 44.3 Å². The molecule has 1 unspecified atom stereocenters. The van der Waals surface area contributed by atoms with E-state index in [0.717, 1.165) is 30.5 Å². The van der Waals surface area contributed by atoms with Gasteiger partial charge in [-0.15, -0.1) is 0 Å². The van der Waals surface area contributed by atoms with Crippen LogP contribution in [0, 0.1) is 11.8 Å². The van der Waals surface area contributed by atoms with Crippen LogP contribution < -0.4 is 11.1 Å². The fourth-order valence-electron chi connectivity index (χ4n) is 10.1. The van der Waals surface area contributed by atoms with Crippen LogP contribution in [-0.2, 0) is 83.7 Å². The Morgan fingerprint density at radius 3 is 1.56 bits per heavy atom. The van der Waals surface area contributed by atoms with Gasteiger partial charge >= 0.3 is 30.2 Å². The van der Waals surface area contributed by atoms with E-state index in [2.05, 4.69) is 5.32 Å². The number of hydrogen-bond acceptors (Lipinski definition) is 16. The number of amides is 7. The highest BCUT2D eigenvalue weighted by Gasteiger charge is 2.51. The van der Waals surface area contributed by atoms with Crippen LogP contribution in [-0.4, -0.2) is 168 Å². The van der Waals surface area contributed by atoms with Gasteiger partial charge in [0.2, 0.25) is 9.70 Å². The first-order valence-electron chi connectivity index (χ1n) is 29.5. The highest BCUT2D eigenvalue weighted by Crippen LogP contribution is 2.31. The standard InChI is InChI=1S/C63H79Cl3N8O16/c1-40(2)34-50(55(76)73-49(58(79)80)31-21-33-71(73)62(84)87-37-46-26-16-10-17-27-46)69(7)54(75)42(5)74(89-38-47-28-18-11-19-29-47)56(77)48-30-20-32-70(61(83)86-36-45-24-14-9-15-25-45)72(48)57(78)52(68-60(82)88-39-63(64,65)66)53(41(3)4)90-59(81)51(67)43(6)85-35-44-22-12-8-13-23-44/h8-19,22-29,40-43,48-53H,20-21,30-39,67H2,1-7H3,(H,68,82)(H,79,80)/t42-,43-,48+,49-,50+,51+,52-,53?/m0/s1. The van der Waals surface area contributed by atoms with Crippen LogP contribution in [0.2, 0.25) is 0 Å². The smallest absolute Gasteiger partial charge is 0.429 e. The third-order valence-corrected chi connectivity index (χ3v) is 15.2. The number of halogens is 3. The SMILES string of the molecule is CC(C)C[C@H](C(=O)N1[C@H](C(=O)O)CCCN1C(=O)OCc1ccccc1)N(C)C(=O)[C@H](C)N(OCc1ccccc1)C(=O)[C@H]1CCCN(C(=O)OCc2ccccc2)N1C(=O)[C@@H](NC(=O)OCC(Cl)(Cl)Cl)C(OC(=O)[C@H](N)[C@H](C)OCc1ccccc1)C(C)C. The van der Waals surface area contributed by atoms with Gasteiger partial charge in [-0.3, -0.25) is 28.8 Å². The minimum Gasteiger partial charge on any atom is -0.480 e. The highest BCUT2D eigenvalue weighted by molar-refractivity contribution is 6.67. The molecule has 488 valence electrons. The van der Waals surface area contributed by atoms with E-state index in [4.69, 9.17) is 69.1 Å². The van der Waals surface area contributed by atoms with E-state index >= 15 is 19.2 Å². The van der Waals surface area contributed by atoms with Crippen molar-refractivity contribution in [2.24, 2.45) is 17.6 Å². The first-order valence-corrected chi connectivity index (χ1v) is 30.6. The molecule has 0 aromatic heterocycles. The predicted molar refractivity (Wildman–Crippen MR) is 330 cm³/mol. The summed E-state index contributed by atoms with van der Waals surface area (Å²) in [5.41, 5.74) is 8.93. The maximum absolute atomic E-state index is 16.0. The molecule has 0 aliphatic carbocycles. The van der Waals surface area contributed by atoms with Crippen molar-refractivity contribution in [2.75, 3.05) is 26.7 Å². The van der Waals surface area contributed by atoms with Crippen LogP contribution in [0.4, 0.5) is 14.4 Å². The monoisotopic (exact) mass is 1310 g/mol. The van der Waals surface area contributed by atoms with Crippen LogP contribution in [0.15, 0.2) is 121 Å². The second-order valence-electron chi connectivity index (χ2n) is 22.5. The molecule has 2 saturated heterocycles. The van der Waals surface area contributed by atoms with E-state index in [1.54, 1.807) is 131 Å². The van der Waals surface area contributed by atoms with Crippen molar-refractivity contribution in [1.82, 2.24) is 35.3 Å². The number of likely N-dealkylation sites (N-methyl/N-ethyl adjacent to an activating group) is 1. The quantitative estimate of drug-likeness (QED) is 0.0230. The number of carboxylic acid groups (broad SMARTS) is 1. The number of alkyl halides is 3. The summed E-state index contributed by atoms with van der Waals surface area (Å²) in [7, 11) is 1.29. The summed E-state index contributed by atoms with van der Waals surface area (Å²) >= 11 is 17.9. The molecular formula is C63H79Cl3N8O16. The molecule has 8 atom stereocenters. The average molecular weight is 1310 g/mol. The number of nitrogens with zero attached hydrogens (tertiary/aromatic N) is 6. The number of nitrogens with two attached hydrogens (primary N) is 1. The minimum atomic E-state index is -2.15. The third-order valence-electron chi connectivity index (χ3n) is 14.9. The summed E-state index contributed by atoms with van der Waals surface area (Å²) in [6, 6.07) is 24.8. The van der Waals surface area contributed by atoms with E-state index in [9.17, 15) is 29.1 Å². The maximum Gasteiger partial charge on any atom is 0.429 e. The number of alkyl carbamates (subject to hydrolysis) is 1. The molecule has 6 rings (SSSR count). The number of rotatable bonds is 26. The molecule has 4 aromatic rings. The molecular weight excluding hydrogens is 1230 g/mol. The number of aliphatic carboxylic acids is 1. The Kier molecular flexibility index (Phi) is 26.9. The van der Waals surface area contributed by atoms with E-state index in [1.807, 2.05) is 18.2 Å². The van der Waals surface area contributed by atoms with Gasteiger partial charge in [0.1, 0.15) is 56.7 Å². The van der Waals surface area contributed by atoms with E-state index in [-0.39, 0.29) is 77.5 Å². The number of hydrogen-bond donors (Lipinski definition) is 3. The van der Waals surface area contributed by atoms with Crippen molar-refractivity contribution in [1.29, 1.82) is 0 Å². The summed E-state index contributed by atoms with van der Waals surface area (Å²) in [6.45, 7) is 7.49. The van der Waals surface area contributed by atoms with Crippen molar-refractivity contribution in [3.63, 3.8) is 0 Å². The molecule has 2 aliphatic heterocycles. The Balaban J connectivity index is 1.41. The van der Waals surface area contributed by atoms with Crippen LogP contribution in [0.5, 0.6) is 0 Å². The number of ether oxygens (including phenoxy) is 5. The molecule has 24 nitrogen and oxygen atoms in total. The van der Waals surface area contributed by atoms with Gasteiger partial charge in [-0.05, 0) is 80.0 Å². The number of nitrogens with one attached hydrogen (secondary N) is 1. The molecule has 90 heavy (non-hydrogen) atoms. The molecule has 0 radical (unpaired) electrons. The molecule has 27 heteroatoms. The Bertz CT molecular complexity index is 3040. The van der Waals surface area contributed by atoms with Crippen LogP contribution in [0.1, 0.15) is 95.9 Å². The molecule has 4 aromatic carbocycles. The van der Waals surface area contributed by atoms with Gasteiger partial charge in [-0.1, -0.05) is 184 Å². The van der Waals surface area contributed by atoms with Crippen molar-refractivity contribution in [3.8, 4) is 0 Å². The number of hydroxylamine groups is 2. The van der Waals surface area contributed by atoms with Gasteiger partial charge in [-0.2, -0.15) is 0 Å². The van der Waals surface area contributed by atoms with Gasteiger partial charge in [0.25, 0.3) is 17.7 Å². The molecule has 2 fully saturated rings. The number of carbonyl (C=O) groups is 9. The number of carboxylic acids is 1. The largest absolute Gasteiger partial charge is 0.480 e. The first kappa shape index (κ1) is 71.3. The average Bonchev–Trinajstić information content (AvgIpc) is 1.05. The Hall–Kier alpha value is -7.74. The van der Waals surface area contributed by atoms with Crippen LogP contribution in [0.3, 0.4) is 0 Å². The Labute approximate surface area is 538 Å². The molecule has 0 saturated carbocycles. The zero-order chi connectivity index (χ0) is 65.8. The summed E-state index contributed by atoms with van der Waals surface area (Å²) in [5.74, 6) is -7.90. The third kappa shape index (κ3) is 20.1. The number of hydrazine groups is 2. The van der Waals surface area contributed by atoms with Crippen molar-refractivity contribution >= 4 is 88.6 Å². The topological polar surface area (TPSA) is 287 Å². The van der Waals surface area contributed by atoms with Crippen LogP contribution >= 0.6 is 34.8 Å². The highest BCUT2D eigenvalue weighted by atomic mass is 35.6. The molecule has 4 N–H and O–H groups in total. The van der Waals surface area contributed by atoms with Gasteiger partial charge in [0, 0.05) is 20.1 Å². The summed E-state index contributed by atoms with van der Waals surface area (Å²) in [4.78, 5) is 139. The number of benzene rings is 4. The second kappa shape index (κ2) is 33.9. The van der Waals surface area contributed by atoms with Gasteiger partial charge in [0.05, 0.1) is 12.7 Å². The summed E-state index contributed by atoms with van der Waals surface area (Å²) in [6.07, 6.45) is -6.29.